The molecule has 1 aliphatic heterocycles. The third kappa shape index (κ3) is 3.66. The first-order chi connectivity index (χ1) is 12.4. The van der Waals surface area contributed by atoms with Gasteiger partial charge in [-0.05, 0) is 29.8 Å². The van der Waals surface area contributed by atoms with E-state index >= 15 is 0 Å². The van der Waals surface area contributed by atoms with E-state index in [4.69, 9.17) is 28.3 Å². The molecule has 134 valence electrons. The monoisotopic (exact) mass is 392 g/mol. The van der Waals surface area contributed by atoms with Gasteiger partial charge in [0.05, 0.1) is 28.6 Å². The van der Waals surface area contributed by atoms with Crippen molar-refractivity contribution in [1.82, 2.24) is 0 Å². The predicted molar refractivity (Wildman–Crippen MR) is 98.8 cm³/mol. The molecule has 2 aromatic rings. The van der Waals surface area contributed by atoms with Gasteiger partial charge in [-0.25, -0.2) is 4.90 Å². The Bertz CT molecular complexity index is 883. The maximum atomic E-state index is 12.7. The molecular formula is C18H14Cl2N2O4. The van der Waals surface area contributed by atoms with Crippen molar-refractivity contribution in [2.24, 2.45) is 0 Å². The van der Waals surface area contributed by atoms with Crippen molar-refractivity contribution in [2.75, 3.05) is 10.2 Å². The summed E-state index contributed by atoms with van der Waals surface area (Å²) in [7, 11) is 0. The normalized spacial score (nSPS) is 16.8. The molecular weight excluding hydrogens is 379 g/mol. The number of nitrogens with zero attached hydrogens (tertiary/aromatic N) is 1. The first kappa shape index (κ1) is 18.2. The Morgan fingerprint density at radius 2 is 1.85 bits per heavy atom. The summed E-state index contributed by atoms with van der Waals surface area (Å²) in [5.41, 5.74) is 1.52. The van der Waals surface area contributed by atoms with Crippen molar-refractivity contribution < 1.29 is 19.5 Å². The van der Waals surface area contributed by atoms with Gasteiger partial charge in [0.15, 0.2) is 0 Å². The Labute approximate surface area is 159 Å². The molecule has 8 heteroatoms. The Kier molecular flexibility index (Phi) is 5.15. The number of carboxylic acid groups (broad SMARTS) is 1. The number of hydrogen-bond donors (Lipinski definition) is 2. The summed E-state index contributed by atoms with van der Waals surface area (Å²) >= 11 is 12.1. The molecule has 1 aliphatic rings. The molecule has 3 rings (SSSR count). The molecule has 1 atom stereocenters. The molecule has 1 saturated heterocycles. The lowest BCUT2D eigenvalue weighted by Gasteiger charge is -2.18. The first-order valence-corrected chi connectivity index (χ1v) is 8.50. The lowest BCUT2D eigenvalue weighted by molar-refractivity contribution is -0.136. The smallest absolute Gasteiger partial charge is 0.307 e. The van der Waals surface area contributed by atoms with E-state index in [1.54, 1.807) is 42.5 Å². The Hall–Kier alpha value is -2.57. The van der Waals surface area contributed by atoms with Crippen LogP contribution in [-0.4, -0.2) is 28.9 Å². The summed E-state index contributed by atoms with van der Waals surface area (Å²) in [5, 5.41) is 12.2. The summed E-state index contributed by atoms with van der Waals surface area (Å²) in [6, 6.07) is 10.7. The molecule has 0 aliphatic carbocycles. The van der Waals surface area contributed by atoms with Gasteiger partial charge in [0.1, 0.15) is 6.04 Å². The third-order valence-electron chi connectivity index (χ3n) is 3.97. The summed E-state index contributed by atoms with van der Waals surface area (Å²) in [5.74, 6) is -1.72. The molecule has 6 nitrogen and oxygen atoms in total. The Morgan fingerprint density at radius 1 is 1.15 bits per heavy atom. The van der Waals surface area contributed by atoms with Crippen LogP contribution in [0.5, 0.6) is 0 Å². The molecule has 2 N–H and O–H groups in total. The minimum atomic E-state index is -0.920. The van der Waals surface area contributed by atoms with Crippen LogP contribution in [0.25, 0.3) is 0 Å². The van der Waals surface area contributed by atoms with Gasteiger partial charge in [0.25, 0.3) is 5.91 Å². The van der Waals surface area contributed by atoms with E-state index in [9.17, 15) is 14.4 Å². The summed E-state index contributed by atoms with van der Waals surface area (Å²) in [4.78, 5) is 36.7. The number of imide groups is 1. The van der Waals surface area contributed by atoms with Crippen LogP contribution < -0.4 is 10.2 Å². The van der Waals surface area contributed by atoms with Crippen molar-refractivity contribution in [3.8, 4) is 0 Å². The summed E-state index contributed by atoms with van der Waals surface area (Å²) in [6.45, 7) is 0. The van der Waals surface area contributed by atoms with Gasteiger partial charge in [-0.1, -0.05) is 41.4 Å². The van der Waals surface area contributed by atoms with Crippen LogP contribution >= 0.6 is 23.2 Å². The quantitative estimate of drug-likeness (QED) is 0.761. The maximum absolute atomic E-state index is 12.7. The van der Waals surface area contributed by atoms with E-state index in [2.05, 4.69) is 5.32 Å². The van der Waals surface area contributed by atoms with Gasteiger partial charge >= 0.3 is 5.97 Å². The standard InChI is InChI=1S/C18H14Cl2N2O4/c19-12-2-1-3-14(17(12)20)22-15(23)9-13(18(22)26)21-11-6-4-10(5-7-11)8-16(24)25/h1-7,13,21H,8-9H2,(H,24,25)/t13-/m1/s1. The van der Waals surface area contributed by atoms with E-state index in [0.717, 1.165) is 4.90 Å². The second-order valence-electron chi connectivity index (χ2n) is 5.81. The van der Waals surface area contributed by atoms with E-state index in [1.807, 2.05) is 0 Å². The second-order valence-corrected chi connectivity index (χ2v) is 6.59. The number of amides is 2. The SMILES string of the molecule is O=C(O)Cc1ccc(N[C@@H]2CC(=O)N(c3cccc(Cl)c3Cl)C2=O)cc1. The van der Waals surface area contributed by atoms with E-state index in [1.165, 1.54) is 0 Å². The Morgan fingerprint density at radius 3 is 2.50 bits per heavy atom. The molecule has 1 heterocycles. The minimum absolute atomic E-state index is 0.0153. The maximum Gasteiger partial charge on any atom is 0.307 e. The highest BCUT2D eigenvalue weighted by atomic mass is 35.5. The van der Waals surface area contributed by atoms with Crippen LogP contribution in [0.1, 0.15) is 12.0 Å². The van der Waals surface area contributed by atoms with Crippen LogP contribution in [0, 0.1) is 0 Å². The van der Waals surface area contributed by atoms with Gasteiger partial charge in [-0.15, -0.1) is 0 Å². The van der Waals surface area contributed by atoms with Gasteiger partial charge in [0.2, 0.25) is 5.91 Å². The van der Waals surface area contributed by atoms with E-state index < -0.39 is 17.9 Å². The number of rotatable bonds is 5. The van der Waals surface area contributed by atoms with Gasteiger partial charge in [0, 0.05) is 5.69 Å². The molecule has 0 aromatic heterocycles. The molecule has 0 radical (unpaired) electrons. The van der Waals surface area contributed by atoms with Gasteiger partial charge in [-0.3, -0.25) is 14.4 Å². The largest absolute Gasteiger partial charge is 0.481 e. The zero-order chi connectivity index (χ0) is 18.8. The number of hydrogen-bond acceptors (Lipinski definition) is 4. The van der Waals surface area contributed by atoms with Crippen molar-refractivity contribution in [2.45, 2.75) is 18.9 Å². The fraction of sp³-hybridized carbons (Fsp3) is 0.167. The Balaban J connectivity index is 1.77. The fourth-order valence-corrected chi connectivity index (χ4v) is 3.14. The lowest BCUT2D eigenvalue weighted by atomic mass is 10.1. The highest BCUT2D eigenvalue weighted by molar-refractivity contribution is 6.45. The van der Waals surface area contributed by atoms with Crippen LogP contribution in [0.4, 0.5) is 11.4 Å². The minimum Gasteiger partial charge on any atom is -0.481 e. The number of carboxylic acids is 1. The number of benzene rings is 2. The third-order valence-corrected chi connectivity index (χ3v) is 4.78. The fourth-order valence-electron chi connectivity index (χ4n) is 2.76. The van der Waals surface area contributed by atoms with Crippen LogP contribution in [-0.2, 0) is 20.8 Å². The molecule has 1 fully saturated rings. The number of nitrogens with one attached hydrogen (secondary N) is 1. The lowest BCUT2D eigenvalue weighted by Crippen LogP contribution is -2.35. The number of carbonyl (C=O) groups is 3. The number of carbonyl (C=O) groups excluding carboxylic acids is 2. The summed E-state index contributed by atoms with van der Waals surface area (Å²) < 4.78 is 0. The van der Waals surface area contributed by atoms with Crippen molar-refractivity contribution in [1.29, 1.82) is 0 Å². The van der Waals surface area contributed by atoms with Crippen LogP contribution in [0.3, 0.4) is 0 Å². The molecule has 0 saturated carbocycles. The molecule has 26 heavy (non-hydrogen) atoms. The van der Waals surface area contributed by atoms with Gasteiger partial charge in [-0.2, -0.15) is 0 Å². The molecule has 2 amide bonds. The molecule has 0 bridgehead atoms. The second kappa shape index (κ2) is 7.35. The summed E-state index contributed by atoms with van der Waals surface area (Å²) in [6.07, 6.45) is -0.0965. The van der Waals surface area contributed by atoms with E-state index in [-0.39, 0.29) is 34.5 Å². The van der Waals surface area contributed by atoms with Crippen molar-refractivity contribution >= 4 is 52.4 Å². The highest BCUT2D eigenvalue weighted by Gasteiger charge is 2.40. The highest BCUT2D eigenvalue weighted by Crippen LogP contribution is 2.35. The molecule has 2 aromatic carbocycles. The van der Waals surface area contributed by atoms with Gasteiger partial charge < -0.3 is 10.4 Å². The number of aliphatic carboxylic acids is 1. The number of anilines is 2. The van der Waals surface area contributed by atoms with Crippen molar-refractivity contribution in [3.63, 3.8) is 0 Å². The predicted octanol–water partition coefficient (Wildman–Crippen LogP) is 3.36. The zero-order valence-corrected chi connectivity index (χ0v) is 14.9. The topological polar surface area (TPSA) is 86.7 Å². The molecule has 0 spiro atoms. The molecule has 0 unspecified atom stereocenters. The van der Waals surface area contributed by atoms with E-state index in [0.29, 0.717) is 11.3 Å². The van der Waals surface area contributed by atoms with Crippen LogP contribution in [0.15, 0.2) is 42.5 Å². The van der Waals surface area contributed by atoms with Crippen LogP contribution in [0.2, 0.25) is 10.0 Å². The average molecular weight is 393 g/mol. The number of halogens is 2. The first-order valence-electron chi connectivity index (χ1n) is 7.75. The average Bonchev–Trinajstić information content (AvgIpc) is 2.86. The zero-order valence-electron chi connectivity index (χ0n) is 13.4. The van der Waals surface area contributed by atoms with Crippen molar-refractivity contribution in [3.05, 3.63) is 58.1 Å².